The molecule has 26 heavy (non-hydrogen) atoms. The van der Waals surface area contributed by atoms with Crippen LogP contribution in [0.3, 0.4) is 0 Å². The molecule has 142 valence electrons. The highest BCUT2D eigenvalue weighted by Crippen LogP contribution is 2.43. The third-order valence-corrected chi connectivity index (χ3v) is 6.65. The fourth-order valence-electron chi connectivity index (χ4n) is 5.27. The van der Waals surface area contributed by atoms with E-state index in [0.717, 1.165) is 38.5 Å². The number of fused-ring (bicyclic) bond motifs is 2. The van der Waals surface area contributed by atoms with Gasteiger partial charge >= 0.3 is 12.0 Å². The summed E-state index contributed by atoms with van der Waals surface area (Å²) in [7, 11) is 1.99. The number of amides is 2. The number of carboxylic acids is 1. The van der Waals surface area contributed by atoms with E-state index in [9.17, 15) is 9.59 Å². The number of piperidine rings is 1. The van der Waals surface area contributed by atoms with Crippen LogP contribution in [-0.2, 0) is 11.8 Å². The van der Waals surface area contributed by atoms with Gasteiger partial charge in [-0.2, -0.15) is 5.10 Å². The molecule has 2 N–H and O–H groups in total. The predicted molar refractivity (Wildman–Crippen MR) is 95.7 cm³/mol. The molecule has 4 rings (SSSR count). The highest BCUT2D eigenvalue weighted by molar-refractivity contribution is 5.76. The topological polar surface area (TPSA) is 87.5 Å². The van der Waals surface area contributed by atoms with Crippen molar-refractivity contribution in [3.63, 3.8) is 0 Å². The molecule has 2 aliphatic heterocycles. The Morgan fingerprint density at radius 3 is 2.31 bits per heavy atom. The molecule has 0 aromatic carbocycles. The zero-order valence-electron chi connectivity index (χ0n) is 15.3. The minimum absolute atomic E-state index is 0.0553. The molecule has 0 radical (unpaired) electrons. The third-order valence-electron chi connectivity index (χ3n) is 6.65. The predicted octanol–water partition coefficient (Wildman–Crippen LogP) is 2.48. The number of urea groups is 1. The first-order valence-electron chi connectivity index (χ1n) is 9.82. The molecule has 2 amide bonds. The zero-order valence-corrected chi connectivity index (χ0v) is 15.3. The summed E-state index contributed by atoms with van der Waals surface area (Å²) in [5.74, 6) is -0.464. The molecule has 1 aliphatic carbocycles. The van der Waals surface area contributed by atoms with Crippen molar-refractivity contribution in [1.29, 1.82) is 0 Å². The van der Waals surface area contributed by atoms with Crippen LogP contribution in [0, 0.1) is 5.92 Å². The lowest BCUT2D eigenvalue weighted by molar-refractivity contribution is -0.142. The number of carbonyl (C=O) groups is 2. The summed E-state index contributed by atoms with van der Waals surface area (Å²) < 4.78 is 1.96. The number of hydrogen-bond acceptors (Lipinski definition) is 3. The van der Waals surface area contributed by atoms with E-state index in [-0.39, 0.29) is 18.0 Å². The number of rotatable bonds is 3. The van der Waals surface area contributed by atoms with Crippen molar-refractivity contribution < 1.29 is 14.7 Å². The molecule has 7 heteroatoms. The molecule has 3 heterocycles. The Morgan fingerprint density at radius 1 is 1.12 bits per heavy atom. The molecular weight excluding hydrogens is 332 g/mol. The van der Waals surface area contributed by atoms with E-state index in [4.69, 9.17) is 5.11 Å². The van der Waals surface area contributed by atoms with Crippen LogP contribution in [0.15, 0.2) is 12.3 Å². The van der Waals surface area contributed by atoms with E-state index in [1.165, 1.54) is 5.69 Å². The maximum absolute atomic E-state index is 12.9. The summed E-state index contributed by atoms with van der Waals surface area (Å²) in [6.45, 7) is 0. The van der Waals surface area contributed by atoms with Gasteiger partial charge in [0.2, 0.25) is 0 Å². The van der Waals surface area contributed by atoms with Crippen LogP contribution in [0.1, 0.15) is 63.0 Å². The van der Waals surface area contributed by atoms with Gasteiger partial charge in [-0.15, -0.1) is 0 Å². The summed E-state index contributed by atoms with van der Waals surface area (Å²) in [6, 6.07) is 2.89. The number of nitrogens with zero attached hydrogens (tertiary/aromatic N) is 3. The molecule has 2 unspecified atom stereocenters. The molecule has 2 bridgehead atoms. The molecular formula is C19H28N4O3. The Hall–Kier alpha value is -2.05. The monoisotopic (exact) mass is 360 g/mol. The smallest absolute Gasteiger partial charge is 0.318 e. The van der Waals surface area contributed by atoms with Crippen molar-refractivity contribution in [2.45, 2.75) is 75.4 Å². The number of carbonyl (C=O) groups excluding carboxylic acids is 1. The summed E-state index contributed by atoms with van der Waals surface area (Å²) in [5.41, 5.74) is 1.27. The summed E-state index contributed by atoms with van der Waals surface area (Å²) in [6.07, 6.45) is 8.89. The minimum atomic E-state index is -0.704. The number of aromatic nitrogens is 2. The number of nitrogens with one attached hydrogen (secondary N) is 1. The lowest BCUT2D eigenvalue weighted by atomic mass is 9.86. The summed E-state index contributed by atoms with van der Waals surface area (Å²) >= 11 is 0. The van der Waals surface area contributed by atoms with Crippen LogP contribution >= 0.6 is 0 Å². The molecule has 2 atom stereocenters. The first kappa shape index (κ1) is 17.4. The van der Waals surface area contributed by atoms with Gasteiger partial charge in [-0.3, -0.25) is 9.48 Å². The molecule has 0 spiro atoms. The maximum atomic E-state index is 12.9. The number of hydrogen-bond donors (Lipinski definition) is 2. The average molecular weight is 360 g/mol. The fraction of sp³-hybridized carbons (Fsp3) is 0.737. The van der Waals surface area contributed by atoms with Gasteiger partial charge in [0, 0.05) is 43.0 Å². The van der Waals surface area contributed by atoms with Crippen LogP contribution in [0.5, 0.6) is 0 Å². The lowest BCUT2D eigenvalue weighted by Gasteiger charge is -2.40. The van der Waals surface area contributed by atoms with Gasteiger partial charge in [0.05, 0.1) is 5.92 Å². The van der Waals surface area contributed by atoms with Crippen LogP contribution in [-0.4, -0.2) is 49.9 Å². The van der Waals surface area contributed by atoms with E-state index < -0.39 is 5.97 Å². The first-order chi connectivity index (χ1) is 12.5. The van der Waals surface area contributed by atoms with E-state index >= 15 is 0 Å². The number of aryl methyl sites for hydroxylation is 1. The van der Waals surface area contributed by atoms with Gasteiger partial charge in [0.25, 0.3) is 0 Å². The molecule has 1 saturated carbocycles. The number of aliphatic carboxylic acids is 1. The van der Waals surface area contributed by atoms with Crippen LogP contribution in [0.2, 0.25) is 0 Å². The van der Waals surface area contributed by atoms with Gasteiger partial charge in [-0.1, -0.05) is 0 Å². The van der Waals surface area contributed by atoms with Gasteiger partial charge < -0.3 is 15.3 Å². The SMILES string of the molecule is Cn1nccc1C1CC2CCC(C1)N2C(=O)NC1CCC(C(=O)O)CC1. The quantitative estimate of drug-likeness (QED) is 0.867. The van der Waals surface area contributed by atoms with Crippen LogP contribution < -0.4 is 5.32 Å². The normalized spacial score (nSPS) is 33.9. The second kappa shape index (κ2) is 6.93. The third kappa shape index (κ3) is 3.19. The maximum Gasteiger partial charge on any atom is 0.318 e. The van der Waals surface area contributed by atoms with Gasteiger partial charge in [-0.25, -0.2) is 4.79 Å². The molecule has 3 aliphatic rings. The van der Waals surface area contributed by atoms with E-state index in [1.807, 2.05) is 17.9 Å². The molecule has 1 aromatic heterocycles. The average Bonchev–Trinajstić information content (AvgIpc) is 3.16. The second-order valence-corrected chi connectivity index (χ2v) is 8.18. The van der Waals surface area contributed by atoms with Crippen molar-refractivity contribution in [3.05, 3.63) is 18.0 Å². The molecule has 2 saturated heterocycles. The van der Waals surface area contributed by atoms with E-state index in [2.05, 4.69) is 21.4 Å². The van der Waals surface area contributed by atoms with Gasteiger partial charge in [-0.05, 0) is 57.4 Å². The van der Waals surface area contributed by atoms with Crippen LogP contribution in [0.4, 0.5) is 4.79 Å². The van der Waals surface area contributed by atoms with Gasteiger partial charge in [0.1, 0.15) is 0 Å². The van der Waals surface area contributed by atoms with Crippen molar-refractivity contribution in [2.24, 2.45) is 13.0 Å². The number of carboxylic acid groups (broad SMARTS) is 1. The van der Waals surface area contributed by atoms with Crippen molar-refractivity contribution in [2.75, 3.05) is 0 Å². The standard InChI is InChI=1S/C19H28N4O3/c1-22-17(8-9-20-22)13-10-15-6-7-16(11-13)23(15)19(26)21-14-4-2-12(3-5-14)18(24)25/h8-9,12-16H,2-7,10-11H2,1H3,(H,21,26)(H,24,25). The second-order valence-electron chi connectivity index (χ2n) is 8.18. The van der Waals surface area contributed by atoms with E-state index in [1.54, 1.807) is 0 Å². The van der Waals surface area contributed by atoms with Crippen LogP contribution in [0.25, 0.3) is 0 Å². The molecule has 1 aromatic rings. The molecule has 7 nitrogen and oxygen atoms in total. The Balaban J connectivity index is 1.35. The summed E-state index contributed by atoms with van der Waals surface area (Å²) in [5, 5.41) is 16.6. The minimum Gasteiger partial charge on any atom is -0.481 e. The van der Waals surface area contributed by atoms with Gasteiger partial charge in [0.15, 0.2) is 0 Å². The molecule has 3 fully saturated rings. The Kier molecular flexibility index (Phi) is 4.63. The Bertz CT molecular complexity index is 666. The Morgan fingerprint density at radius 2 is 1.77 bits per heavy atom. The Labute approximate surface area is 153 Å². The fourth-order valence-corrected chi connectivity index (χ4v) is 5.27. The summed E-state index contributed by atoms with van der Waals surface area (Å²) in [4.78, 5) is 26.0. The lowest BCUT2D eigenvalue weighted by Crippen LogP contribution is -2.53. The van der Waals surface area contributed by atoms with E-state index in [0.29, 0.717) is 30.8 Å². The largest absolute Gasteiger partial charge is 0.481 e. The highest BCUT2D eigenvalue weighted by Gasteiger charge is 2.44. The first-order valence-corrected chi connectivity index (χ1v) is 9.82. The highest BCUT2D eigenvalue weighted by atomic mass is 16.4. The van der Waals surface area contributed by atoms with Crippen molar-refractivity contribution >= 4 is 12.0 Å². The van der Waals surface area contributed by atoms with Crippen molar-refractivity contribution in [1.82, 2.24) is 20.0 Å². The van der Waals surface area contributed by atoms with Crippen molar-refractivity contribution in [3.8, 4) is 0 Å². The zero-order chi connectivity index (χ0) is 18.3.